The minimum atomic E-state index is -3.74. The molecule has 8 nitrogen and oxygen atoms in total. The van der Waals surface area contributed by atoms with E-state index in [0.717, 1.165) is 12.1 Å². The Labute approximate surface area is 174 Å². The maximum Gasteiger partial charge on any atom is 0.411 e. The van der Waals surface area contributed by atoms with Gasteiger partial charge in [0.2, 0.25) is 10.0 Å². The van der Waals surface area contributed by atoms with Crippen molar-refractivity contribution in [1.82, 2.24) is 9.21 Å². The zero-order valence-corrected chi connectivity index (χ0v) is 17.2. The minimum Gasteiger partial charge on any atom is -0.450 e. The first-order valence-corrected chi connectivity index (χ1v) is 10.8. The fraction of sp³-hybridized carbons (Fsp3) is 0.300. The van der Waals surface area contributed by atoms with Crippen molar-refractivity contribution in [3.63, 3.8) is 0 Å². The van der Waals surface area contributed by atoms with E-state index >= 15 is 0 Å². The molecule has 160 valence electrons. The van der Waals surface area contributed by atoms with Crippen LogP contribution < -0.4 is 5.32 Å². The molecule has 1 heterocycles. The maximum atomic E-state index is 13.1. The molecule has 10 heteroatoms. The SMILES string of the molecule is CCOC(=O)Nc1ccc(C(=O)N2CCN(S(=O)(=O)c3ccc(F)cc3)CC2)cc1. The van der Waals surface area contributed by atoms with Crippen LogP contribution >= 0.6 is 0 Å². The quantitative estimate of drug-likeness (QED) is 0.779. The number of nitrogens with one attached hydrogen (secondary N) is 1. The molecule has 0 unspecified atom stereocenters. The molecule has 2 amide bonds. The van der Waals surface area contributed by atoms with Crippen molar-refractivity contribution in [3.05, 3.63) is 59.9 Å². The molecular formula is C20H22FN3O5S. The predicted molar refractivity (Wildman–Crippen MR) is 108 cm³/mol. The number of ether oxygens (including phenoxy) is 1. The maximum absolute atomic E-state index is 13.1. The van der Waals surface area contributed by atoms with Crippen LogP contribution in [0.25, 0.3) is 0 Å². The van der Waals surface area contributed by atoms with Crippen LogP contribution in [0.5, 0.6) is 0 Å². The summed E-state index contributed by atoms with van der Waals surface area (Å²) in [5.74, 6) is -0.732. The number of hydrogen-bond donors (Lipinski definition) is 1. The number of carbonyl (C=O) groups excluding carboxylic acids is 2. The van der Waals surface area contributed by atoms with Gasteiger partial charge in [0.1, 0.15) is 5.82 Å². The van der Waals surface area contributed by atoms with Gasteiger partial charge in [-0.25, -0.2) is 17.6 Å². The van der Waals surface area contributed by atoms with E-state index in [4.69, 9.17) is 4.74 Å². The van der Waals surface area contributed by atoms with Crippen molar-refractivity contribution in [1.29, 1.82) is 0 Å². The summed E-state index contributed by atoms with van der Waals surface area (Å²) in [5.41, 5.74) is 0.930. The van der Waals surface area contributed by atoms with Gasteiger partial charge in [-0.05, 0) is 55.5 Å². The molecule has 1 fully saturated rings. The Kier molecular flexibility index (Phi) is 6.68. The van der Waals surface area contributed by atoms with E-state index in [-0.39, 0.29) is 43.6 Å². The normalized spacial score (nSPS) is 14.9. The summed E-state index contributed by atoms with van der Waals surface area (Å²) in [4.78, 5) is 25.7. The van der Waals surface area contributed by atoms with Gasteiger partial charge >= 0.3 is 6.09 Å². The number of piperazine rings is 1. The van der Waals surface area contributed by atoms with Crippen LogP contribution in [0.3, 0.4) is 0 Å². The predicted octanol–water partition coefficient (Wildman–Crippen LogP) is 2.54. The Balaban J connectivity index is 1.60. The molecule has 2 aromatic rings. The average molecular weight is 435 g/mol. The zero-order chi connectivity index (χ0) is 21.7. The zero-order valence-electron chi connectivity index (χ0n) is 16.4. The summed E-state index contributed by atoms with van der Waals surface area (Å²) in [7, 11) is -3.74. The van der Waals surface area contributed by atoms with Crippen LogP contribution in [0, 0.1) is 5.82 Å². The number of rotatable bonds is 5. The van der Waals surface area contributed by atoms with Crippen LogP contribution in [0.1, 0.15) is 17.3 Å². The van der Waals surface area contributed by atoms with Gasteiger partial charge in [0.25, 0.3) is 5.91 Å². The van der Waals surface area contributed by atoms with Crippen LogP contribution in [0.15, 0.2) is 53.4 Å². The van der Waals surface area contributed by atoms with Crippen LogP contribution in [-0.2, 0) is 14.8 Å². The summed E-state index contributed by atoms with van der Waals surface area (Å²) < 4.78 is 44.5. The van der Waals surface area contributed by atoms with E-state index in [0.29, 0.717) is 11.3 Å². The number of benzene rings is 2. The first-order chi connectivity index (χ1) is 14.3. The van der Waals surface area contributed by atoms with Gasteiger partial charge in [0, 0.05) is 37.4 Å². The minimum absolute atomic E-state index is 0.0216. The third-order valence-corrected chi connectivity index (χ3v) is 6.54. The third kappa shape index (κ3) is 4.95. The highest BCUT2D eigenvalue weighted by Gasteiger charge is 2.30. The fourth-order valence-electron chi connectivity index (χ4n) is 3.05. The lowest BCUT2D eigenvalue weighted by atomic mass is 10.1. The fourth-order valence-corrected chi connectivity index (χ4v) is 4.47. The Bertz CT molecular complexity index is 1000. The summed E-state index contributed by atoms with van der Waals surface area (Å²) >= 11 is 0. The average Bonchev–Trinajstić information content (AvgIpc) is 2.74. The number of hydrogen-bond acceptors (Lipinski definition) is 5. The van der Waals surface area contributed by atoms with Gasteiger partial charge in [-0.15, -0.1) is 0 Å². The molecule has 0 spiro atoms. The first-order valence-electron chi connectivity index (χ1n) is 9.40. The molecule has 2 aromatic carbocycles. The highest BCUT2D eigenvalue weighted by Crippen LogP contribution is 2.19. The molecular weight excluding hydrogens is 413 g/mol. The number of nitrogens with zero attached hydrogens (tertiary/aromatic N) is 2. The van der Waals surface area contributed by atoms with Gasteiger partial charge in [-0.2, -0.15) is 4.31 Å². The molecule has 1 N–H and O–H groups in total. The van der Waals surface area contributed by atoms with E-state index in [2.05, 4.69) is 5.32 Å². The molecule has 0 bridgehead atoms. The molecule has 0 atom stereocenters. The van der Waals surface area contributed by atoms with E-state index in [1.165, 1.54) is 16.4 Å². The smallest absolute Gasteiger partial charge is 0.411 e. The van der Waals surface area contributed by atoms with Crippen molar-refractivity contribution >= 4 is 27.7 Å². The van der Waals surface area contributed by atoms with Gasteiger partial charge in [-0.3, -0.25) is 10.1 Å². The highest BCUT2D eigenvalue weighted by molar-refractivity contribution is 7.89. The van der Waals surface area contributed by atoms with Crippen molar-refractivity contribution in [3.8, 4) is 0 Å². The number of halogens is 1. The number of carbonyl (C=O) groups is 2. The molecule has 3 rings (SSSR count). The van der Waals surface area contributed by atoms with Crippen LogP contribution in [-0.4, -0.2) is 62.4 Å². The molecule has 1 aliphatic rings. The van der Waals surface area contributed by atoms with Crippen molar-refractivity contribution in [2.75, 3.05) is 38.1 Å². The monoisotopic (exact) mass is 435 g/mol. The van der Waals surface area contributed by atoms with E-state index in [9.17, 15) is 22.4 Å². The Morgan fingerprint density at radius 1 is 1.00 bits per heavy atom. The van der Waals surface area contributed by atoms with Gasteiger partial charge in [0.05, 0.1) is 11.5 Å². The van der Waals surface area contributed by atoms with E-state index < -0.39 is 21.9 Å². The lowest BCUT2D eigenvalue weighted by Crippen LogP contribution is -2.50. The molecule has 1 saturated heterocycles. The second-order valence-corrected chi connectivity index (χ2v) is 8.51. The second-order valence-electron chi connectivity index (χ2n) is 6.57. The van der Waals surface area contributed by atoms with Gasteiger partial charge < -0.3 is 9.64 Å². The highest BCUT2D eigenvalue weighted by atomic mass is 32.2. The summed E-state index contributed by atoms with van der Waals surface area (Å²) in [6.07, 6.45) is -0.574. The largest absolute Gasteiger partial charge is 0.450 e. The van der Waals surface area contributed by atoms with Crippen LogP contribution in [0.4, 0.5) is 14.9 Å². The standard InChI is InChI=1S/C20H22FN3O5S/c1-2-29-20(26)22-17-7-3-15(4-8-17)19(25)23-11-13-24(14-12-23)30(27,28)18-9-5-16(21)6-10-18/h3-10H,2,11-14H2,1H3,(H,22,26). The van der Waals surface area contributed by atoms with Crippen molar-refractivity contribution < 1.29 is 27.1 Å². The van der Waals surface area contributed by atoms with Crippen molar-refractivity contribution in [2.45, 2.75) is 11.8 Å². The first kappa shape index (κ1) is 21.7. The summed E-state index contributed by atoms with van der Waals surface area (Å²) in [5, 5.41) is 2.55. The molecule has 0 saturated carbocycles. The third-order valence-electron chi connectivity index (χ3n) is 4.63. The van der Waals surface area contributed by atoms with Crippen molar-refractivity contribution in [2.24, 2.45) is 0 Å². The Hall–Kier alpha value is -2.98. The molecule has 0 aliphatic carbocycles. The number of sulfonamides is 1. The molecule has 0 radical (unpaired) electrons. The lowest BCUT2D eigenvalue weighted by molar-refractivity contribution is 0.0698. The van der Waals surface area contributed by atoms with E-state index in [1.807, 2.05) is 0 Å². The second kappa shape index (κ2) is 9.23. The summed E-state index contributed by atoms with van der Waals surface area (Å²) in [6.45, 7) is 2.73. The van der Waals surface area contributed by atoms with Gasteiger partial charge in [-0.1, -0.05) is 0 Å². The molecule has 0 aromatic heterocycles. The topological polar surface area (TPSA) is 96.0 Å². The lowest BCUT2D eigenvalue weighted by Gasteiger charge is -2.34. The van der Waals surface area contributed by atoms with Gasteiger partial charge in [0.15, 0.2) is 0 Å². The number of anilines is 1. The Morgan fingerprint density at radius 3 is 2.17 bits per heavy atom. The van der Waals surface area contributed by atoms with E-state index in [1.54, 1.807) is 36.1 Å². The van der Waals surface area contributed by atoms with Crippen LogP contribution in [0.2, 0.25) is 0 Å². The molecule has 1 aliphatic heterocycles. The summed E-state index contributed by atoms with van der Waals surface area (Å²) in [6, 6.07) is 11.0. The molecule has 30 heavy (non-hydrogen) atoms. The number of amides is 2. The Morgan fingerprint density at radius 2 is 1.60 bits per heavy atom.